The fourth-order valence-electron chi connectivity index (χ4n) is 2.19. The molecule has 1 aromatic heterocycles. The van der Waals surface area contributed by atoms with E-state index in [0.29, 0.717) is 16.8 Å². The molecule has 0 aliphatic heterocycles. The highest BCUT2D eigenvalue weighted by Crippen LogP contribution is 2.15. The van der Waals surface area contributed by atoms with Crippen molar-refractivity contribution in [1.82, 2.24) is 9.55 Å². The highest BCUT2D eigenvalue weighted by Gasteiger charge is 2.09. The summed E-state index contributed by atoms with van der Waals surface area (Å²) < 4.78 is 14.2. The zero-order valence-corrected chi connectivity index (χ0v) is 12.1. The lowest BCUT2D eigenvalue weighted by Crippen LogP contribution is -2.24. The van der Waals surface area contributed by atoms with E-state index in [2.05, 4.69) is 4.98 Å². The summed E-state index contributed by atoms with van der Waals surface area (Å²) in [6, 6.07) is 15.8. The minimum atomic E-state index is -0.351. The lowest BCUT2D eigenvalue weighted by atomic mass is 10.1. The van der Waals surface area contributed by atoms with Crippen molar-refractivity contribution >= 4 is 5.78 Å². The van der Waals surface area contributed by atoms with Gasteiger partial charge in [0, 0.05) is 17.2 Å². The Hall–Kier alpha value is -3.08. The standard InChI is InChI=1S/C18H13FN2O2/c19-15-8-6-13(7-9-15)16-10-18(23)21(12-20-16)11-17(22)14-4-2-1-3-5-14/h1-10,12H,11H2. The maximum absolute atomic E-state index is 12.9. The number of nitrogens with zero attached hydrogens (tertiary/aromatic N) is 2. The molecule has 1 heterocycles. The Morgan fingerprint density at radius 3 is 2.39 bits per heavy atom. The third-order valence-corrected chi connectivity index (χ3v) is 3.43. The van der Waals surface area contributed by atoms with Crippen molar-refractivity contribution in [3.8, 4) is 11.3 Å². The van der Waals surface area contributed by atoms with E-state index in [1.165, 1.54) is 29.1 Å². The largest absolute Gasteiger partial charge is 0.292 e. The molecular weight excluding hydrogens is 295 g/mol. The monoisotopic (exact) mass is 308 g/mol. The van der Waals surface area contributed by atoms with Crippen molar-refractivity contribution in [3.05, 3.63) is 88.7 Å². The van der Waals surface area contributed by atoms with Gasteiger partial charge in [-0.25, -0.2) is 9.37 Å². The number of hydrogen-bond donors (Lipinski definition) is 0. The summed E-state index contributed by atoms with van der Waals surface area (Å²) >= 11 is 0. The fourth-order valence-corrected chi connectivity index (χ4v) is 2.19. The number of hydrogen-bond acceptors (Lipinski definition) is 3. The normalized spacial score (nSPS) is 10.5. The summed E-state index contributed by atoms with van der Waals surface area (Å²) in [5, 5.41) is 0. The zero-order chi connectivity index (χ0) is 16.2. The minimum Gasteiger partial charge on any atom is -0.292 e. The molecule has 5 heteroatoms. The molecule has 0 amide bonds. The number of carbonyl (C=O) groups excluding carboxylic acids is 1. The first-order chi connectivity index (χ1) is 11.1. The van der Waals surface area contributed by atoms with Gasteiger partial charge in [0.05, 0.1) is 18.6 Å². The number of halogens is 1. The van der Waals surface area contributed by atoms with Gasteiger partial charge in [-0.1, -0.05) is 30.3 Å². The maximum atomic E-state index is 12.9. The van der Waals surface area contributed by atoms with Crippen molar-refractivity contribution in [2.75, 3.05) is 0 Å². The predicted octanol–water partition coefficient (Wildman–Crippen LogP) is 2.93. The van der Waals surface area contributed by atoms with Crippen LogP contribution in [0.25, 0.3) is 11.3 Å². The predicted molar refractivity (Wildman–Crippen MR) is 84.7 cm³/mol. The lowest BCUT2D eigenvalue weighted by molar-refractivity contribution is 0.0970. The van der Waals surface area contributed by atoms with Crippen molar-refractivity contribution in [2.24, 2.45) is 0 Å². The van der Waals surface area contributed by atoms with Crippen LogP contribution in [0.3, 0.4) is 0 Å². The number of ketones is 1. The van der Waals surface area contributed by atoms with Crippen molar-refractivity contribution < 1.29 is 9.18 Å². The molecule has 4 nitrogen and oxygen atoms in total. The second-order valence-electron chi connectivity index (χ2n) is 5.04. The van der Waals surface area contributed by atoms with Crippen LogP contribution in [-0.4, -0.2) is 15.3 Å². The van der Waals surface area contributed by atoms with E-state index in [0.717, 1.165) is 0 Å². The molecule has 0 saturated carbocycles. The Morgan fingerprint density at radius 1 is 1.04 bits per heavy atom. The van der Waals surface area contributed by atoms with Crippen molar-refractivity contribution in [1.29, 1.82) is 0 Å². The molecule has 0 radical (unpaired) electrons. The summed E-state index contributed by atoms with van der Waals surface area (Å²) in [6.07, 6.45) is 1.34. The van der Waals surface area contributed by atoms with Gasteiger partial charge in [-0.05, 0) is 24.3 Å². The van der Waals surface area contributed by atoms with Crippen LogP contribution in [0.15, 0.2) is 71.8 Å². The molecule has 0 aliphatic carbocycles. The average molecular weight is 308 g/mol. The van der Waals surface area contributed by atoms with E-state index in [1.807, 2.05) is 6.07 Å². The molecule has 0 N–H and O–H groups in total. The van der Waals surface area contributed by atoms with E-state index in [9.17, 15) is 14.0 Å². The van der Waals surface area contributed by atoms with Gasteiger partial charge in [0.15, 0.2) is 5.78 Å². The first kappa shape index (κ1) is 14.8. The third-order valence-electron chi connectivity index (χ3n) is 3.43. The molecule has 114 valence electrons. The Balaban J connectivity index is 1.84. The molecule has 0 aliphatic rings. The Morgan fingerprint density at radius 2 is 1.74 bits per heavy atom. The van der Waals surface area contributed by atoms with Gasteiger partial charge in [-0.2, -0.15) is 0 Å². The first-order valence-corrected chi connectivity index (χ1v) is 7.04. The molecule has 3 aromatic rings. The molecule has 0 atom stereocenters. The SMILES string of the molecule is O=C(Cn1cnc(-c2ccc(F)cc2)cc1=O)c1ccccc1. The van der Waals surface area contributed by atoms with E-state index in [-0.39, 0.29) is 23.7 Å². The Bertz CT molecular complexity index is 887. The van der Waals surface area contributed by atoms with Crippen LogP contribution in [-0.2, 0) is 6.54 Å². The number of aromatic nitrogens is 2. The van der Waals surface area contributed by atoms with Gasteiger partial charge in [0.25, 0.3) is 5.56 Å². The second-order valence-corrected chi connectivity index (χ2v) is 5.04. The quantitative estimate of drug-likeness (QED) is 0.696. The highest BCUT2D eigenvalue weighted by atomic mass is 19.1. The number of Topliss-reactive ketones (excluding diaryl/α,β-unsaturated/α-hetero) is 1. The Labute approximate surface area is 131 Å². The van der Waals surface area contributed by atoms with Crippen molar-refractivity contribution in [3.63, 3.8) is 0 Å². The van der Waals surface area contributed by atoms with Crippen LogP contribution in [0, 0.1) is 5.82 Å². The van der Waals surface area contributed by atoms with Gasteiger partial charge >= 0.3 is 0 Å². The molecule has 0 fully saturated rings. The van der Waals surface area contributed by atoms with E-state index in [4.69, 9.17) is 0 Å². The molecule has 2 aromatic carbocycles. The topological polar surface area (TPSA) is 52.0 Å². The van der Waals surface area contributed by atoms with Crippen LogP contribution in [0.1, 0.15) is 10.4 Å². The second kappa shape index (κ2) is 6.36. The van der Waals surface area contributed by atoms with Gasteiger partial charge in [-0.3, -0.25) is 14.2 Å². The molecule has 0 unspecified atom stereocenters. The molecular formula is C18H13FN2O2. The van der Waals surface area contributed by atoms with Crippen LogP contribution in [0.2, 0.25) is 0 Å². The van der Waals surface area contributed by atoms with Crippen LogP contribution in [0.4, 0.5) is 4.39 Å². The lowest BCUT2D eigenvalue weighted by Gasteiger charge is -2.06. The number of rotatable bonds is 4. The smallest absolute Gasteiger partial charge is 0.254 e. The first-order valence-electron chi connectivity index (χ1n) is 7.04. The number of carbonyl (C=O) groups is 1. The Kier molecular flexibility index (Phi) is 4.10. The van der Waals surface area contributed by atoms with Crippen LogP contribution in [0.5, 0.6) is 0 Å². The molecule has 0 saturated heterocycles. The molecule has 3 rings (SSSR count). The molecule has 0 spiro atoms. The summed E-state index contributed by atoms with van der Waals surface area (Å²) in [5.41, 5.74) is 1.30. The maximum Gasteiger partial charge on any atom is 0.254 e. The van der Waals surface area contributed by atoms with Gasteiger partial charge < -0.3 is 0 Å². The van der Waals surface area contributed by atoms with Gasteiger partial charge in [-0.15, -0.1) is 0 Å². The molecule has 0 bridgehead atoms. The highest BCUT2D eigenvalue weighted by molar-refractivity contribution is 5.95. The summed E-state index contributed by atoms with van der Waals surface area (Å²) in [4.78, 5) is 28.4. The van der Waals surface area contributed by atoms with Crippen LogP contribution < -0.4 is 5.56 Å². The van der Waals surface area contributed by atoms with Gasteiger partial charge in [0.1, 0.15) is 5.82 Å². The van der Waals surface area contributed by atoms with Gasteiger partial charge in [0.2, 0.25) is 0 Å². The summed E-state index contributed by atoms with van der Waals surface area (Å²) in [5.74, 6) is -0.514. The van der Waals surface area contributed by atoms with E-state index in [1.54, 1.807) is 36.4 Å². The summed E-state index contributed by atoms with van der Waals surface area (Å²) in [7, 11) is 0. The molecule has 23 heavy (non-hydrogen) atoms. The van der Waals surface area contributed by atoms with Crippen LogP contribution >= 0.6 is 0 Å². The number of benzene rings is 2. The summed E-state index contributed by atoms with van der Waals surface area (Å²) in [6.45, 7) is -0.0699. The third kappa shape index (κ3) is 3.40. The zero-order valence-electron chi connectivity index (χ0n) is 12.1. The van der Waals surface area contributed by atoms with E-state index >= 15 is 0 Å². The fraction of sp³-hybridized carbons (Fsp3) is 0.0556. The van der Waals surface area contributed by atoms with Crippen molar-refractivity contribution in [2.45, 2.75) is 6.54 Å². The van der Waals surface area contributed by atoms with E-state index < -0.39 is 0 Å². The minimum absolute atomic E-state index is 0.0699. The average Bonchev–Trinajstić information content (AvgIpc) is 2.58.